The Morgan fingerprint density at radius 2 is 1.41 bits per heavy atom. The molecule has 3 heterocycles. The zero-order valence-electron chi connectivity index (χ0n) is 15.7. The first-order valence-electron chi connectivity index (χ1n) is 9.35. The van der Waals surface area contributed by atoms with Crippen LogP contribution in [-0.4, -0.2) is 35.4 Å². The molecular weight excluding hydrogens is 476 g/mol. The smallest absolute Gasteiger partial charge is 0.214 e. The quantitative estimate of drug-likeness (QED) is 0.494. The highest BCUT2D eigenvalue weighted by Crippen LogP contribution is 2.24. The molecule has 0 bridgehead atoms. The second-order valence-electron chi connectivity index (χ2n) is 5.87. The Hall–Kier alpha value is -1.18. The molecule has 27 heavy (non-hydrogen) atoms. The van der Waals surface area contributed by atoms with Gasteiger partial charge in [0.25, 0.3) is 0 Å². The average molecular weight is 502 g/mol. The highest BCUT2D eigenvalue weighted by Gasteiger charge is 2.19. The van der Waals surface area contributed by atoms with Crippen LogP contribution in [0.15, 0.2) is 45.6 Å². The molecule has 2 aromatic rings. The van der Waals surface area contributed by atoms with E-state index in [0.717, 1.165) is 28.1 Å². The summed E-state index contributed by atoms with van der Waals surface area (Å²) < 4.78 is 18.0. The van der Waals surface area contributed by atoms with Crippen LogP contribution in [0, 0.1) is 0 Å². The Bertz CT molecular complexity index is 678. The van der Waals surface area contributed by atoms with Gasteiger partial charge in [0.1, 0.15) is 21.4 Å². The molecule has 1 aliphatic carbocycles. The van der Waals surface area contributed by atoms with E-state index in [1.807, 2.05) is 50.2 Å². The first-order chi connectivity index (χ1) is 13.2. The topological polar surface area (TPSA) is 53.5 Å². The van der Waals surface area contributed by atoms with Gasteiger partial charge in [0.2, 0.25) is 11.8 Å². The van der Waals surface area contributed by atoms with E-state index < -0.39 is 0 Å². The van der Waals surface area contributed by atoms with E-state index >= 15 is 0 Å². The van der Waals surface area contributed by atoms with Gasteiger partial charge in [0.15, 0.2) is 0 Å². The number of pyridine rings is 2. The molecule has 1 atom stereocenters. The number of hydrogen-bond donors (Lipinski definition) is 0. The van der Waals surface area contributed by atoms with Crippen LogP contribution in [0.4, 0.5) is 0 Å². The third-order valence-corrected chi connectivity index (χ3v) is 4.78. The second-order valence-corrected chi connectivity index (χ2v) is 7.50. The predicted molar refractivity (Wildman–Crippen MR) is 113 cm³/mol. The monoisotopic (exact) mass is 500 g/mol. The summed E-state index contributed by atoms with van der Waals surface area (Å²) in [7, 11) is 0. The Labute approximate surface area is 178 Å². The summed E-state index contributed by atoms with van der Waals surface area (Å²) in [6.45, 7) is 5.47. The van der Waals surface area contributed by atoms with Gasteiger partial charge in [-0.15, -0.1) is 0 Å². The van der Waals surface area contributed by atoms with Gasteiger partial charge < -0.3 is 14.2 Å². The molecule has 0 spiro atoms. The number of rotatable bonds is 4. The second kappa shape index (κ2) is 12.3. The fraction of sp³-hybridized carbons (Fsp3) is 0.500. The van der Waals surface area contributed by atoms with E-state index in [4.69, 9.17) is 14.2 Å². The Balaban J connectivity index is 0.000000178. The number of ether oxygens (including phenoxy) is 3. The molecule has 4 rings (SSSR count). The van der Waals surface area contributed by atoms with Crippen molar-refractivity contribution < 1.29 is 14.2 Å². The van der Waals surface area contributed by atoms with Crippen LogP contribution in [0.3, 0.4) is 0 Å². The fourth-order valence-electron chi connectivity index (χ4n) is 2.35. The highest BCUT2D eigenvalue weighted by atomic mass is 79.9. The predicted octanol–water partition coefficient (Wildman–Crippen LogP) is 5.81. The summed E-state index contributed by atoms with van der Waals surface area (Å²) >= 11 is 6.59. The lowest BCUT2D eigenvalue weighted by atomic mass is 9.96. The molecule has 2 aromatic heterocycles. The lowest BCUT2D eigenvalue weighted by Crippen LogP contribution is -2.24. The maximum Gasteiger partial charge on any atom is 0.214 e. The van der Waals surface area contributed by atoms with Crippen molar-refractivity contribution in [3.05, 3.63) is 45.6 Å². The van der Waals surface area contributed by atoms with Crippen molar-refractivity contribution >= 4 is 31.9 Å². The number of hydrogen-bond acceptors (Lipinski definition) is 5. The van der Waals surface area contributed by atoms with E-state index in [-0.39, 0.29) is 6.10 Å². The molecule has 148 valence electrons. The molecule has 0 amide bonds. The molecule has 0 aromatic carbocycles. The summed E-state index contributed by atoms with van der Waals surface area (Å²) in [5, 5.41) is 0. The van der Waals surface area contributed by atoms with Gasteiger partial charge in [-0.1, -0.05) is 26.0 Å². The largest absolute Gasteiger partial charge is 0.474 e. The van der Waals surface area contributed by atoms with Gasteiger partial charge in [-0.25, -0.2) is 9.97 Å². The Morgan fingerprint density at radius 3 is 1.81 bits per heavy atom. The van der Waals surface area contributed by atoms with E-state index in [1.54, 1.807) is 0 Å². The minimum atomic E-state index is 0.168. The van der Waals surface area contributed by atoms with Gasteiger partial charge in [-0.05, 0) is 63.3 Å². The Morgan fingerprint density at radius 1 is 0.852 bits per heavy atom. The minimum absolute atomic E-state index is 0.168. The molecule has 5 nitrogen and oxygen atoms in total. The van der Waals surface area contributed by atoms with Crippen LogP contribution in [0.2, 0.25) is 0 Å². The lowest BCUT2D eigenvalue weighted by Gasteiger charge is -2.25. The van der Waals surface area contributed by atoms with Crippen molar-refractivity contribution in [2.24, 2.45) is 0 Å². The lowest BCUT2D eigenvalue weighted by molar-refractivity contribution is 0.114. The van der Waals surface area contributed by atoms with Gasteiger partial charge in [-0.3, -0.25) is 0 Å². The zero-order valence-corrected chi connectivity index (χ0v) is 18.9. The highest BCUT2D eigenvalue weighted by molar-refractivity contribution is 9.10. The van der Waals surface area contributed by atoms with Gasteiger partial charge in [-0.2, -0.15) is 0 Å². The van der Waals surface area contributed by atoms with Crippen LogP contribution < -0.4 is 9.47 Å². The molecule has 1 saturated carbocycles. The summed E-state index contributed by atoms with van der Waals surface area (Å²) in [6, 6.07) is 11.4. The standard InChI is InChI=1S/C9H10BrNO2.C9H10BrNO.C2H6/c10-8-2-1-3-9(11-8)13-7-4-5-12-6-7;10-8-5-2-6-9(11-8)12-7-3-1-4-7;1-2/h1-3,7H,4-6H2;2,5-7H,1,3-4H2;1-2H3. The van der Waals surface area contributed by atoms with E-state index in [2.05, 4.69) is 41.8 Å². The molecule has 1 unspecified atom stereocenters. The average Bonchev–Trinajstić information content (AvgIpc) is 3.14. The summed E-state index contributed by atoms with van der Waals surface area (Å²) in [5.41, 5.74) is 0. The molecule has 2 aliphatic rings. The zero-order chi connectivity index (χ0) is 19.5. The van der Waals surface area contributed by atoms with Crippen LogP contribution in [0.1, 0.15) is 39.5 Å². The maximum absolute atomic E-state index is 5.59. The van der Waals surface area contributed by atoms with Crippen LogP contribution in [0.5, 0.6) is 11.8 Å². The van der Waals surface area contributed by atoms with Crippen molar-refractivity contribution in [3.8, 4) is 11.8 Å². The molecule has 2 fully saturated rings. The van der Waals surface area contributed by atoms with Crippen molar-refractivity contribution in [2.45, 2.75) is 51.7 Å². The van der Waals surface area contributed by atoms with Crippen molar-refractivity contribution in [1.29, 1.82) is 0 Å². The first-order valence-corrected chi connectivity index (χ1v) is 10.9. The molecule has 0 radical (unpaired) electrons. The summed E-state index contributed by atoms with van der Waals surface area (Å²) in [4.78, 5) is 8.36. The first kappa shape index (κ1) is 22.1. The minimum Gasteiger partial charge on any atom is -0.474 e. The van der Waals surface area contributed by atoms with Crippen molar-refractivity contribution in [3.63, 3.8) is 0 Å². The maximum atomic E-state index is 5.59. The molecule has 7 heteroatoms. The number of aromatic nitrogens is 2. The number of halogens is 2. The SMILES string of the molecule is Brc1cccc(OC2CCC2)n1.Brc1cccc(OC2CCOC2)n1.CC. The third kappa shape index (κ3) is 8.15. The third-order valence-electron chi connectivity index (χ3n) is 3.89. The molecule has 0 N–H and O–H groups in total. The summed E-state index contributed by atoms with van der Waals surface area (Å²) in [6.07, 6.45) is 5.17. The Kier molecular flexibility index (Phi) is 10.1. The van der Waals surface area contributed by atoms with E-state index in [1.165, 1.54) is 19.3 Å². The van der Waals surface area contributed by atoms with Gasteiger partial charge in [0.05, 0.1) is 13.2 Å². The van der Waals surface area contributed by atoms with Crippen LogP contribution >= 0.6 is 31.9 Å². The van der Waals surface area contributed by atoms with Crippen molar-refractivity contribution in [2.75, 3.05) is 13.2 Å². The molecule has 1 saturated heterocycles. The normalized spacial score (nSPS) is 18.3. The number of nitrogens with zero attached hydrogens (tertiary/aromatic N) is 2. The van der Waals surface area contributed by atoms with Gasteiger partial charge >= 0.3 is 0 Å². The van der Waals surface area contributed by atoms with E-state index in [0.29, 0.717) is 18.6 Å². The van der Waals surface area contributed by atoms with E-state index in [9.17, 15) is 0 Å². The van der Waals surface area contributed by atoms with Crippen LogP contribution in [-0.2, 0) is 4.74 Å². The van der Waals surface area contributed by atoms with Crippen molar-refractivity contribution in [1.82, 2.24) is 9.97 Å². The van der Waals surface area contributed by atoms with Crippen LogP contribution in [0.25, 0.3) is 0 Å². The molecular formula is C20H26Br2N2O3. The van der Waals surface area contributed by atoms with Gasteiger partial charge in [0, 0.05) is 18.6 Å². The summed E-state index contributed by atoms with van der Waals surface area (Å²) in [5.74, 6) is 1.39. The fourth-order valence-corrected chi connectivity index (χ4v) is 3.00. The molecule has 1 aliphatic heterocycles.